The van der Waals surface area contributed by atoms with Crippen LogP contribution in [0.25, 0.3) is 0 Å². The van der Waals surface area contributed by atoms with Crippen molar-refractivity contribution in [1.29, 1.82) is 0 Å². The third-order valence-corrected chi connectivity index (χ3v) is 3.31. The van der Waals surface area contributed by atoms with E-state index in [1.54, 1.807) is 6.07 Å². The highest BCUT2D eigenvalue weighted by Gasteiger charge is 2.20. The number of hydrogen-bond donors (Lipinski definition) is 1. The van der Waals surface area contributed by atoms with Crippen LogP contribution in [0.3, 0.4) is 0 Å². The molecule has 3 rings (SSSR count). The first-order valence-electron chi connectivity index (χ1n) is 5.88. The monoisotopic (exact) mass is 222 g/mol. The molecule has 0 saturated heterocycles. The minimum absolute atomic E-state index is 0.202. The van der Waals surface area contributed by atoms with E-state index in [-0.39, 0.29) is 5.92 Å². The van der Waals surface area contributed by atoms with Gasteiger partial charge in [0.1, 0.15) is 5.75 Å². The largest absolute Gasteiger partial charge is 0.508 e. The summed E-state index contributed by atoms with van der Waals surface area (Å²) < 4.78 is 0. The summed E-state index contributed by atoms with van der Waals surface area (Å²) in [4.78, 5) is 0. The lowest BCUT2D eigenvalue weighted by Crippen LogP contribution is -2.00. The van der Waals surface area contributed by atoms with Crippen molar-refractivity contribution in [3.05, 3.63) is 77.9 Å². The molecule has 1 aromatic rings. The van der Waals surface area contributed by atoms with Crippen LogP contribution in [0.15, 0.2) is 66.8 Å². The number of allylic oxidation sites excluding steroid dienone is 8. The second-order valence-corrected chi connectivity index (χ2v) is 4.37. The predicted octanol–water partition coefficient (Wildman–Crippen LogP) is 3.81. The SMILES string of the molecule is Oc1cccc(C2C=CC=C2)c1C1C=CC=C1. The van der Waals surface area contributed by atoms with Gasteiger partial charge in [-0.3, -0.25) is 0 Å². The van der Waals surface area contributed by atoms with Gasteiger partial charge in [0.05, 0.1) is 0 Å². The molecule has 0 radical (unpaired) electrons. The number of hydrogen-bond acceptors (Lipinski definition) is 1. The van der Waals surface area contributed by atoms with E-state index in [1.807, 2.05) is 18.2 Å². The summed E-state index contributed by atoms with van der Waals surface area (Å²) in [6.07, 6.45) is 16.7. The van der Waals surface area contributed by atoms with E-state index in [1.165, 1.54) is 5.56 Å². The minimum Gasteiger partial charge on any atom is -0.508 e. The highest BCUT2D eigenvalue weighted by atomic mass is 16.3. The van der Waals surface area contributed by atoms with Crippen molar-refractivity contribution in [3.8, 4) is 5.75 Å². The van der Waals surface area contributed by atoms with Gasteiger partial charge in [0.2, 0.25) is 0 Å². The predicted molar refractivity (Wildman–Crippen MR) is 70.1 cm³/mol. The van der Waals surface area contributed by atoms with Crippen molar-refractivity contribution in [2.24, 2.45) is 0 Å². The first-order valence-corrected chi connectivity index (χ1v) is 5.88. The van der Waals surface area contributed by atoms with Crippen molar-refractivity contribution < 1.29 is 5.11 Å². The Kier molecular flexibility index (Phi) is 2.45. The molecule has 0 unspecified atom stereocenters. The number of phenolic OH excluding ortho intramolecular Hbond substituents is 1. The molecule has 0 saturated carbocycles. The van der Waals surface area contributed by atoms with E-state index in [9.17, 15) is 5.11 Å². The molecule has 0 amide bonds. The molecule has 0 bridgehead atoms. The highest BCUT2D eigenvalue weighted by molar-refractivity contribution is 5.52. The first kappa shape index (κ1) is 10.2. The summed E-state index contributed by atoms with van der Waals surface area (Å²) in [6, 6.07) is 5.78. The van der Waals surface area contributed by atoms with Crippen molar-refractivity contribution in [2.75, 3.05) is 0 Å². The lowest BCUT2D eigenvalue weighted by Gasteiger charge is -2.17. The number of aromatic hydroxyl groups is 1. The van der Waals surface area contributed by atoms with Crippen LogP contribution in [0.4, 0.5) is 0 Å². The summed E-state index contributed by atoms with van der Waals surface area (Å²) >= 11 is 0. The molecule has 0 spiro atoms. The van der Waals surface area contributed by atoms with Crippen LogP contribution in [0, 0.1) is 0 Å². The molecule has 1 aromatic carbocycles. The van der Waals surface area contributed by atoms with E-state index in [0.717, 1.165) is 5.56 Å². The Morgan fingerprint density at radius 1 is 0.765 bits per heavy atom. The third kappa shape index (κ3) is 1.74. The van der Waals surface area contributed by atoms with Gasteiger partial charge >= 0.3 is 0 Å². The van der Waals surface area contributed by atoms with Crippen LogP contribution < -0.4 is 0 Å². The quantitative estimate of drug-likeness (QED) is 0.806. The van der Waals surface area contributed by atoms with E-state index in [0.29, 0.717) is 11.7 Å². The Balaban J connectivity index is 2.11. The molecule has 0 fully saturated rings. The van der Waals surface area contributed by atoms with Gasteiger partial charge in [-0.25, -0.2) is 0 Å². The van der Waals surface area contributed by atoms with Gasteiger partial charge in [-0.2, -0.15) is 0 Å². The van der Waals surface area contributed by atoms with Crippen molar-refractivity contribution >= 4 is 0 Å². The highest BCUT2D eigenvalue weighted by Crippen LogP contribution is 2.38. The maximum absolute atomic E-state index is 10.1. The Bertz CT molecular complexity index is 523. The van der Waals surface area contributed by atoms with Crippen molar-refractivity contribution in [3.63, 3.8) is 0 Å². The maximum atomic E-state index is 10.1. The van der Waals surface area contributed by atoms with Crippen LogP contribution in [0.5, 0.6) is 5.75 Å². The van der Waals surface area contributed by atoms with Crippen molar-refractivity contribution in [1.82, 2.24) is 0 Å². The van der Waals surface area contributed by atoms with E-state index < -0.39 is 0 Å². The fraction of sp³-hybridized carbons (Fsp3) is 0.125. The van der Waals surface area contributed by atoms with Gasteiger partial charge in [0, 0.05) is 17.4 Å². The summed E-state index contributed by atoms with van der Waals surface area (Å²) in [5.74, 6) is 0.880. The molecular formula is C16H14O. The third-order valence-electron chi connectivity index (χ3n) is 3.31. The van der Waals surface area contributed by atoms with Crippen LogP contribution >= 0.6 is 0 Å². The van der Waals surface area contributed by atoms with Gasteiger partial charge < -0.3 is 5.11 Å². The zero-order valence-electron chi connectivity index (χ0n) is 9.45. The zero-order valence-corrected chi connectivity index (χ0v) is 9.45. The molecule has 17 heavy (non-hydrogen) atoms. The van der Waals surface area contributed by atoms with Gasteiger partial charge in [-0.05, 0) is 11.6 Å². The lowest BCUT2D eigenvalue weighted by molar-refractivity contribution is 0.467. The average Bonchev–Trinajstić information content (AvgIpc) is 3.02. The molecule has 2 aliphatic carbocycles. The number of rotatable bonds is 2. The molecule has 2 aliphatic rings. The van der Waals surface area contributed by atoms with E-state index in [2.05, 4.69) is 42.5 Å². The molecule has 0 heterocycles. The second-order valence-electron chi connectivity index (χ2n) is 4.37. The summed E-state index contributed by atoms with van der Waals surface area (Å²) in [5, 5.41) is 10.1. The van der Waals surface area contributed by atoms with Crippen LogP contribution in [0.1, 0.15) is 23.0 Å². The summed E-state index contributed by atoms with van der Waals surface area (Å²) in [6.45, 7) is 0. The Morgan fingerprint density at radius 2 is 1.35 bits per heavy atom. The molecule has 1 nitrogen and oxygen atoms in total. The van der Waals surface area contributed by atoms with Crippen LogP contribution in [0.2, 0.25) is 0 Å². The molecule has 0 atom stereocenters. The molecule has 0 aromatic heterocycles. The van der Waals surface area contributed by atoms with Crippen molar-refractivity contribution in [2.45, 2.75) is 11.8 Å². The summed E-state index contributed by atoms with van der Waals surface area (Å²) in [5.41, 5.74) is 2.22. The lowest BCUT2D eigenvalue weighted by atomic mass is 9.88. The standard InChI is InChI=1S/C16H14O/c17-15-11-5-10-14(12-6-1-2-7-12)16(15)13-8-3-4-9-13/h1-13,17H. The molecular weight excluding hydrogens is 208 g/mol. The van der Waals surface area contributed by atoms with Crippen LogP contribution in [-0.2, 0) is 0 Å². The Labute approximate surface area is 101 Å². The molecule has 0 aliphatic heterocycles. The smallest absolute Gasteiger partial charge is 0.119 e. The average molecular weight is 222 g/mol. The molecule has 1 heteroatoms. The molecule has 1 N–H and O–H groups in total. The minimum atomic E-state index is 0.202. The van der Waals surface area contributed by atoms with Crippen LogP contribution in [-0.4, -0.2) is 5.11 Å². The molecule has 84 valence electrons. The van der Waals surface area contributed by atoms with E-state index >= 15 is 0 Å². The fourth-order valence-electron chi connectivity index (χ4n) is 2.49. The topological polar surface area (TPSA) is 20.2 Å². The number of benzene rings is 1. The summed E-state index contributed by atoms with van der Waals surface area (Å²) in [7, 11) is 0. The second kappa shape index (κ2) is 4.10. The van der Waals surface area contributed by atoms with Gasteiger partial charge in [-0.15, -0.1) is 0 Å². The van der Waals surface area contributed by atoms with Gasteiger partial charge in [0.15, 0.2) is 0 Å². The van der Waals surface area contributed by atoms with E-state index in [4.69, 9.17) is 0 Å². The van der Waals surface area contributed by atoms with Gasteiger partial charge in [0.25, 0.3) is 0 Å². The first-order chi connectivity index (χ1) is 8.36. The number of phenols is 1. The Hall–Kier alpha value is -2.02. The Morgan fingerprint density at radius 3 is 2.00 bits per heavy atom. The van der Waals surface area contributed by atoms with Gasteiger partial charge in [-0.1, -0.05) is 60.7 Å². The maximum Gasteiger partial charge on any atom is 0.119 e. The zero-order chi connectivity index (χ0) is 11.7. The fourth-order valence-corrected chi connectivity index (χ4v) is 2.49. The normalized spacial score (nSPS) is 18.6.